The molecule has 0 saturated carbocycles. The molecular formula is C8H16N2O4. The van der Waals surface area contributed by atoms with Gasteiger partial charge in [-0.2, -0.15) is 0 Å². The first kappa shape index (κ1) is 12.8. The summed E-state index contributed by atoms with van der Waals surface area (Å²) >= 11 is 0. The second-order valence-electron chi connectivity index (χ2n) is 3.77. The van der Waals surface area contributed by atoms with Crippen LogP contribution in [0.1, 0.15) is 40.5 Å². The maximum Gasteiger partial charge on any atom is 0.287 e. The van der Waals surface area contributed by atoms with Crippen molar-refractivity contribution in [3.63, 3.8) is 0 Å². The van der Waals surface area contributed by atoms with Gasteiger partial charge in [0.2, 0.25) is 0 Å². The van der Waals surface area contributed by atoms with Crippen molar-refractivity contribution in [2.24, 2.45) is 0 Å². The zero-order valence-electron chi connectivity index (χ0n) is 8.94. The molecule has 0 aromatic rings. The molecule has 0 aromatic carbocycles. The van der Waals surface area contributed by atoms with Crippen LogP contribution in [0.15, 0.2) is 0 Å². The number of rotatable bonds is 5. The van der Waals surface area contributed by atoms with Gasteiger partial charge in [-0.25, -0.2) is 0 Å². The lowest BCUT2D eigenvalue weighted by atomic mass is 9.76. The van der Waals surface area contributed by atoms with Gasteiger partial charge in [-0.3, -0.25) is 20.2 Å². The van der Waals surface area contributed by atoms with Crippen molar-refractivity contribution in [2.75, 3.05) is 0 Å². The molecule has 0 aliphatic rings. The van der Waals surface area contributed by atoms with Gasteiger partial charge in [0.05, 0.1) is 0 Å². The van der Waals surface area contributed by atoms with Crippen LogP contribution in [0.4, 0.5) is 0 Å². The molecule has 0 aliphatic carbocycles. The summed E-state index contributed by atoms with van der Waals surface area (Å²) < 4.78 is 0. The Morgan fingerprint density at radius 3 is 1.21 bits per heavy atom. The van der Waals surface area contributed by atoms with Gasteiger partial charge in [-0.15, -0.1) is 0 Å². The monoisotopic (exact) mass is 204 g/mol. The summed E-state index contributed by atoms with van der Waals surface area (Å²) in [5, 5.41) is 21.7. The van der Waals surface area contributed by atoms with E-state index in [1.54, 1.807) is 13.8 Å². The summed E-state index contributed by atoms with van der Waals surface area (Å²) in [6.45, 7) is 5.86. The number of hydrogen-bond donors (Lipinski definition) is 0. The normalized spacial score (nSPS) is 19.4. The van der Waals surface area contributed by atoms with Gasteiger partial charge in [0, 0.05) is 36.5 Å². The second kappa shape index (κ2) is 3.89. The Labute approximate surface area is 82.6 Å². The van der Waals surface area contributed by atoms with Crippen molar-refractivity contribution in [2.45, 2.75) is 51.6 Å². The minimum Gasteiger partial charge on any atom is -0.264 e. The van der Waals surface area contributed by atoms with Crippen molar-refractivity contribution in [1.82, 2.24) is 0 Å². The molecule has 0 bridgehead atoms. The predicted octanol–water partition coefficient (Wildman–Crippen LogP) is 1.88. The lowest BCUT2D eigenvalue weighted by molar-refractivity contribution is -0.681. The van der Waals surface area contributed by atoms with E-state index in [1.807, 2.05) is 0 Å². The minimum absolute atomic E-state index is 0.144. The first-order valence-corrected chi connectivity index (χ1v) is 4.55. The zero-order chi connectivity index (χ0) is 11.6. The highest BCUT2D eigenvalue weighted by atomic mass is 16.6. The van der Waals surface area contributed by atoms with Gasteiger partial charge >= 0.3 is 0 Å². The van der Waals surface area contributed by atoms with Crippen LogP contribution in [-0.2, 0) is 0 Å². The maximum atomic E-state index is 10.9. The van der Waals surface area contributed by atoms with E-state index in [4.69, 9.17) is 0 Å². The molecule has 0 spiro atoms. The van der Waals surface area contributed by atoms with E-state index in [2.05, 4.69) is 0 Å². The van der Waals surface area contributed by atoms with E-state index in [0.717, 1.165) is 0 Å². The molecule has 0 radical (unpaired) electrons. The molecule has 0 amide bonds. The average Bonchev–Trinajstić information content (AvgIpc) is 2.14. The van der Waals surface area contributed by atoms with Crippen LogP contribution in [0.3, 0.4) is 0 Å². The molecule has 0 saturated heterocycles. The smallest absolute Gasteiger partial charge is 0.264 e. The summed E-state index contributed by atoms with van der Waals surface area (Å²) in [5.41, 5.74) is -3.02. The van der Waals surface area contributed by atoms with E-state index in [1.165, 1.54) is 13.8 Å². The van der Waals surface area contributed by atoms with Crippen LogP contribution in [0.2, 0.25) is 0 Å². The molecular weight excluding hydrogens is 188 g/mol. The van der Waals surface area contributed by atoms with E-state index in [9.17, 15) is 20.2 Å². The van der Waals surface area contributed by atoms with E-state index >= 15 is 0 Å². The van der Waals surface area contributed by atoms with Gasteiger partial charge in [-0.05, 0) is 0 Å². The highest BCUT2D eigenvalue weighted by molar-refractivity contribution is 4.92. The minimum atomic E-state index is -1.51. The Kier molecular flexibility index (Phi) is 3.56. The molecule has 0 fully saturated rings. The highest BCUT2D eigenvalue weighted by Gasteiger charge is 2.62. The molecule has 0 N–H and O–H groups in total. The molecule has 82 valence electrons. The molecule has 0 heterocycles. The Hall–Kier alpha value is -1.20. The van der Waals surface area contributed by atoms with Gasteiger partial charge < -0.3 is 0 Å². The van der Waals surface area contributed by atoms with Crippen LogP contribution in [0.5, 0.6) is 0 Å². The van der Waals surface area contributed by atoms with Crippen molar-refractivity contribution in [3.8, 4) is 0 Å². The molecule has 6 nitrogen and oxygen atoms in total. The van der Waals surface area contributed by atoms with Crippen LogP contribution in [0, 0.1) is 20.2 Å². The lowest BCUT2D eigenvalue weighted by Crippen LogP contribution is -2.59. The lowest BCUT2D eigenvalue weighted by Gasteiger charge is -2.30. The summed E-state index contributed by atoms with van der Waals surface area (Å²) in [5.74, 6) is 0. The van der Waals surface area contributed by atoms with Crippen molar-refractivity contribution in [3.05, 3.63) is 20.2 Å². The standard InChI is InChI=1S/C8H16N2O4/c1-5-7(3,9(11)12)8(4,6-2)10(13)14/h5-6H2,1-4H3/t7-,8-/m1/s1. The number of nitro groups is 2. The molecule has 0 rings (SSSR count). The Bertz CT molecular complexity index is 230. The van der Waals surface area contributed by atoms with Gasteiger partial charge in [-0.1, -0.05) is 13.8 Å². The second-order valence-corrected chi connectivity index (χ2v) is 3.77. The summed E-state index contributed by atoms with van der Waals surface area (Å²) in [6.07, 6.45) is 0.288. The summed E-state index contributed by atoms with van der Waals surface area (Å²) in [6, 6.07) is 0. The topological polar surface area (TPSA) is 86.3 Å². The maximum absolute atomic E-state index is 10.9. The van der Waals surface area contributed by atoms with E-state index in [0.29, 0.717) is 0 Å². The van der Waals surface area contributed by atoms with E-state index < -0.39 is 20.9 Å². The molecule has 0 aromatic heterocycles. The molecule has 0 unspecified atom stereocenters. The quantitative estimate of drug-likeness (QED) is 0.505. The van der Waals surface area contributed by atoms with Gasteiger partial charge in [0.15, 0.2) is 0 Å². The molecule has 2 atom stereocenters. The largest absolute Gasteiger partial charge is 0.287 e. The fraction of sp³-hybridized carbons (Fsp3) is 1.00. The van der Waals surface area contributed by atoms with Crippen LogP contribution >= 0.6 is 0 Å². The van der Waals surface area contributed by atoms with Crippen LogP contribution in [-0.4, -0.2) is 20.9 Å². The summed E-state index contributed by atoms with van der Waals surface area (Å²) in [7, 11) is 0. The summed E-state index contributed by atoms with van der Waals surface area (Å²) in [4.78, 5) is 20.6. The van der Waals surface area contributed by atoms with Crippen LogP contribution in [0.25, 0.3) is 0 Å². The molecule has 6 heteroatoms. The third kappa shape index (κ3) is 1.56. The fourth-order valence-electron chi connectivity index (χ4n) is 1.41. The molecule has 14 heavy (non-hydrogen) atoms. The zero-order valence-corrected chi connectivity index (χ0v) is 8.94. The van der Waals surface area contributed by atoms with Crippen molar-refractivity contribution in [1.29, 1.82) is 0 Å². The van der Waals surface area contributed by atoms with Crippen molar-refractivity contribution >= 4 is 0 Å². The predicted molar refractivity (Wildman–Crippen MR) is 51.4 cm³/mol. The van der Waals surface area contributed by atoms with Crippen molar-refractivity contribution < 1.29 is 9.85 Å². The molecule has 0 aliphatic heterocycles. The third-order valence-corrected chi connectivity index (χ3v) is 3.34. The fourth-order valence-corrected chi connectivity index (χ4v) is 1.41. The Morgan fingerprint density at radius 2 is 1.14 bits per heavy atom. The Morgan fingerprint density at radius 1 is 0.929 bits per heavy atom. The van der Waals surface area contributed by atoms with Crippen LogP contribution < -0.4 is 0 Å². The first-order chi connectivity index (χ1) is 6.26. The van der Waals surface area contributed by atoms with Gasteiger partial charge in [0.25, 0.3) is 11.1 Å². The number of nitrogens with zero attached hydrogens (tertiary/aromatic N) is 2. The first-order valence-electron chi connectivity index (χ1n) is 4.55. The SMILES string of the molecule is CC[C@@](C)([N+](=O)[O-])[C@@](C)(CC)[N+](=O)[O-]. The Balaban J connectivity index is 5.37. The number of hydrogen-bond acceptors (Lipinski definition) is 4. The average molecular weight is 204 g/mol. The van der Waals surface area contributed by atoms with Gasteiger partial charge in [0.1, 0.15) is 0 Å². The third-order valence-electron chi connectivity index (χ3n) is 3.34. The highest BCUT2D eigenvalue weighted by Crippen LogP contribution is 2.34. The van der Waals surface area contributed by atoms with E-state index in [-0.39, 0.29) is 12.8 Å².